The standard InChI is InChI=1S/C15H24N4O/c1-11-10-19(6-3-7-20-11)15-17-9-13(12(2)18-15)8-16-14-4-5-14/h9,11,14,16H,3-8,10H2,1-2H3. The lowest BCUT2D eigenvalue weighted by Gasteiger charge is -2.22. The second-order valence-electron chi connectivity index (χ2n) is 5.92. The Labute approximate surface area is 120 Å². The highest BCUT2D eigenvalue weighted by atomic mass is 16.5. The molecule has 2 heterocycles. The summed E-state index contributed by atoms with van der Waals surface area (Å²) in [5.74, 6) is 0.843. The Bertz CT molecular complexity index is 461. The Morgan fingerprint density at radius 1 is 1.45 bits per heavy atom. The number of nitrogens with zero attached hydrogens (tertiary/aromatic N) is 3. The molecule has 0 radical (unpaired) electrons. The average molecular weight is 276 g/mol. The second-order valence-corrected chi connectivity index (χ2v) is 5.92. The summed E-state index contributed by atoms with van der Waals surface area (Å²) < 4.78 is 5.67. The van der Waals surface area contributed by atoms with E-state index in [2.05, 4.69) is 29.0 Å². The van der Waals surface area contributed by atoms with Gasteiger partial charge in [-0.2, -0.15) is 0 Å². The third-order valence-corrected chi connectivity index (χ3v) is 3.96. The Morgan fingerprint density at radius 2 is 2.30 bits per heavy atom. The van der Waals surface area contributed by atoms with E-state index in [1.54, 1.807) is 0 Å². The summed E-state index contributed by atoms with van der Waals surface area (Å²) in [6.45, 7) is 7.75. The van der Waals surface area contributed by atoms with Crippen LogP contribution in [-0.4, -0.2) is 41.8 Å². The molecule has 1 unspecified atom stereocenters. The first-order valence-electron chi connectivity index (χ1n) is 7.65. The van der Waals surface area contributed by atoms with Gasteiger partial charge in [-0.05, 0) is 33.1 Å². The summed E-state index contributed by atoms with van der Waals surface area (Å²) in [4.78, 5) is 11.5. The molecular weight excluding hydrogens is 252 g/mol. The molecule has 3 rings (SSSR count). The predicted molar refractivity (Wildman–Crippen MR) is 78.9 cm³/mol. The summed E-state index contributed by atoms with van der Waals surface area (Å²) in [7, 11) is 0. The molecule has 1 aliphatic carbocycles. The number of hydrogen-bond acceptors (Lipinski definition) is 5. The Balaban J connectivity index is 1.67. The third-order valence-electron chi connectivity index (χ3n) is 3.96. The van der Waals surface area contributed by atoms with Crippen LogP contribution in [-0.2, 0) is 11.3 Å². The smallest absolute Gasteiger partial charge is 0.225 e. The van der Waals surface area contributed by atoms with Crippen molar-refractivity contribution in [1.82, 2.24) is 15.3 Å². The Kier molecular flexibility index (Phi) is 4.17. The molecular formula is C15H24N4O. The van der Waals surface area contributed by atoms with E-state index in [0.717, 1.165) is 50.3 Å². The van der Waals surface area contributed by atoms with Crippen LogP contribution in [0.1, 0.15) is 37.4 Å². The van der Waals surface area contributed by atoms with Crippen molar-refractivity contribution in [3.05, 3.63) is 17.5 Å². The van der Waals surface area contributed by atoms with E-state index in [-0.39, 0.29) is 6.10 Å². The molecule has 0 amide bonds. The minimum Gasteiger partial charge on any atom is -0.377 e. The van der Waals surface area contributed by atoms with E-state index in [9.17, 15) is 0 Å². The molecule has 1 N–H and O–H groups in total. The zero-order valence-corrected chi connectivity index (χ0v) is 12.4. The van der Waals surface area contributed by atoms with Gasteiger partial charge in [0.1, 0.15) is 0 Å². The van der Waals surface area contributed by atoms with Crippen molar-refractivity contribution >= 4 is 5.95 Å². The minimum atomic E-state index is 0.248. The molecule has 1 saturated heterocycles. The van der Waals surface area contributed by atoms with Gasteiger partial charge in [-0.3, -0.25) is 0 Å². The highest BCUT2D eigenvalue weighted by Gasteiger charge is 2.21. The van der Waals surface area contributed by atoms with Gasteiger partial charge in [0.15, 0.2) is 0 Å². The van der Waals surface area contributed by atoms with Gasteiger partial charge in [0.05, 0.1) is 6.10 Å². The molecule has 20 heavy (non-hydrogen) atoms. The van der Waals surface area contributed by atoms with Crippen molar-refractivity contribution < 1.29 is 4.74 Å². The highest BCUT2D eigenvalue weighted by Crippen LogP contribution is 2.20. The van der Waals surface area contributed by atoms with Crippen molar-refractivity contribution in [2.45, 2.75) is 51.8 Å². The number of nitrogens with one attached hydrogen (secondary N) is 1. The molecule has 0 spiro atoms. The molecule has 0 bridgehead atoms. The van der Waals surface area contributed by atoms with Crippen molar-refractivity contribution in [1.29, 1.82) is 0 Å². The topological polar surface area (TPSA) is 50.3 Å². The van der Waals surface area contributed by atoms with Crippen LogP contribution >= 0.6 is 0 Å². The van der Waals surface area contributed by atoms with Crippen LogP contribution in [0, 0.1) is 6.92 Å². The van der Waals surface area contributed by atoms with Crippen LogP contribution in [0.25, 0.3) is 0 Å². The summed E-state index contributed by atoms with van der Waals surface area (Å²) in [6.07, 6.45) is 5.88. The second kappa shape index (κ2) is 6.06. The average Bonchev–Trinajstić information content (AvgIpc) is 3.25. The molecule has 1 aromatic rings. The quantitative estimate of drug-likeness (QED) is 0.906. The fraction of sp³-hybridized carbons (Fsp3) is 0.733. The van der Waals surface area contributed by atoms with E-state index in [1.165, 1.54) is 18.4 Å². The largest absolute Gasteiger partial charge is 0.377 e. The maximum Gasteiger partial charge on any atom is 0.225 e. The predicted octanol–water partition coefficient (Wildman–Crippen LogP) is 1.65. The third kappa shape index (κ3) is 3.46. The molecule has 2 fully saturated rings. The van der Waals surface area contributed by atoms with Crippen molar-refractivity contribution in [3.8, 4) is 0 Å². The van der Waals surface area contributed by atoms with Crippen LogP contribution in [0.2, 0.25) is 0 Å². The maximum atomic E-state index is 5.67. The van der Waals surface area contributed by atoms with E-state index < -0.39 is 0 Å². The van der Waals surface area contributed by atoms with E-state index in [4.69, 9.17) is 9.72 Å². The van der Waals surface area contributed by atoms with Gasteiger partial charge in [-0.25, -0.2) is 9.97 Å². The highest BCUT2D eigenvalue weighted by molar-refractivity contribution is 5.33. The lowest BCUT2D eigenvalue weighted by molar-refractivity contribution is 0.0820. The number of aryl methyl sites for hydroxylation is 1. The number of hydrogen-bond donors (Lipinski definition) is 1. The molecule has 2 aliphatic rings. The minimum absolute atomic E-state index is 0.248. The lowest BCUT2D eigenvalue weighted by atomic mass is 10.2. The molecule has 5 heteroatoms. The number of aromatic nitrogens is 2. The van der Waals surface area contributed by atoms with Gasteiger partial charge in [0.25, 0.3) is 0 Å². The Morgan fingerprint density at radius 3 is 3.05 bits per heavy atom. The maximum absolute atomic E-state index is 5.67. The fourth-order valence-electron chi connectivity index (χ4n) is 2.52. The van der Waals surface area contributed by atoms with Crippen molar-refractivity contribution in [3.63, 3.8) is 0 Å². The van der Waals surface area contributed by atoms with Crippen LogP contribution in [0.15, 0.2) is 6.20 Å². The van der Waals surface area contributed by atoms with Crippen molar-refractivity contribution in [2.75, 3.05) is 24.6 Å². The normalized spacial score (nSPS) is 23.7. The van der Waals surface area contributed by atoms with E-state index in [1.807, 2.05) is 6.20 Å². The number of ether oxygens (including phenoxy) is 1. The van der Waals surface area contributed by atoms with Crippen LogP contribution < -0.4 is 10.2 Å². The first-order valence-corrected chi connectivity index (χ1v) is 7.65. The summed E-state index contributed by atoms with van der Waals surface area (Å²) in [6, 6.07) is 0.720. The van der Waals surface area contributed by atoms with Gasteiger partial charge in [-0.1, -0.05) is 0 Å². The molecule has 0 aromatic carbocycles. The van der Waals surface area contributed by atoms with Crippen molar-refractivity contribution in [2.24, 2.45) is 0 Å². The monoisotopic (exact) mass is 276 g/mol. The Hall–Kier alpha value is -1.20. The zero-order valence-electron chi connectivity index (χ0n) is 12.4. The van der Waals surface area contributed by atoms with Gasteiger partial charge in [0.2, 0.25) is 5.95 Å². The lowest BCUT2D eigenvalue weighted by Crippen LogP contribution is -2.32. The van der Waals surface area contributed by atoms with E-state index in [0.29, 0.717) is 0 Å². The molecule has 1 atom stereocenters. The first-order chi connectivity index (χ1) is 9.72. The summed E-state index contributed by atoms with van der Waals surface area (Å²) >= 11 is 0. The van der Waals surface area contributed by atoms with Gasteiger partial charge >= 0.3 is 0 Å². The van der Waals surface area contributed by atoms with Crippen LogP contribution in [0.5, 0.6) is 0 Å². The van der Waals surface area contributed by atoms with Crippen LogP contribution in [0.3, 0.4) is 0 Å². The summed E-state index contributed by atoms with van der Waals surface area (Å²) in [5, 5.41) is 3.52. The molecule has 1 aromatic heterocycles. The van der Waals surface area contributed by atoms with Gasteiger partial charge < -0.3 is 15.0 Å². The first kappa shape index (κ1) is 13.8. The van der Waals surface area contributed by atoms with Crippen LogP contribution in [0.4, 0.5) is 5.95 Å². The van der Waals surface area contributed by atoms with Gasteiger partial charge in [0, 0.05) is 49.7 Å². The molecule has 5 nitrogen and oxygen atoms in total. The molecule has 110 valence electrons. The fourth-order valence-corrected chi connectivity index (χ4v) is 2.52. The zero-order chi connectivity index (χ0) is 13.9. The number of anilines is 1. The number of rotatable bonds is 4. The molecule has 1 saturated carbocycles. The van der Waals surface area contributed by atoms with E-state index >= 15 is 0 Å². The molecule has 1 aliphatic heterocycles. The van der Waals surface area contributed by atoms with Gasteiger partial charge in [-0.15, -0.1) is 0 Å². The SMILES string of the molecule is Cc1nc(N2CCCOC(C)C2)ncc1CNC1CC1. The summed E-state index contributed by atoms with van der Waals surface area (Å²) in [5.41, 5.74) is 2.29.